The van der Waals surface area contributed by atoms with Gasteiger partial charge in [0.2, 0.25) is 0 Å². The Hall–Kier alpha value is -2.11. The number of likely N-dealkylation sites (N-methyl/N-ethyl adjacent to an activating group) is 1. The fourth-order valence-corrected chi connectivity index (χ4v) is 7.59. The molecule has 1 atom stereocenters. The maximum atomic E-state index is 13.6. The Morgan fingerprint density at radius 3 is 2.36 bits per heavy atom. The second kappa shape index (κ2) is 8.73. The number of H-pyrrole nitrogens is 1. The molecule has 1 N–H and O–H groups in total. The number of aromatic nitrogens is 1. The van der Waals surface area contributed by atoms with Crippen LogP contribution in [0.2, 0.25) is 0 Å². The van der Waals surface area contributed by atoms with Crippen LogP contribution in [0.15, 0.2) is 35.3 Å². The first kappa shape index (κ1) is 23.0. The molecule has 5 heteroatoms. The molecule has 0 bridgehead atoms. The lowest BCUT2D eigenvalue weighted by Gasteiger charge is -2.54. The van der Waals surface area contributed by atoms with Crippen molar-refractivity contribution >= 4 is 20.7 Å². The van der Waals surface area contributed by atoms with Crippen LogP contribution in [0.25, 0.3) is 10.9 Å². The van der Waals surface area contributed by atoms with E-state index in [4.69, 9.17) is 4.11 Å². The van der Waals surface area contributed by atoms with Crippen LogP contribution in [0, 0.1) is 33.1 Å². The van der Waals surface area contributed by atoms with Crippen molar-refractivity contribution in [1.29, 1.82) is 0 Å². The first-order valence-corrected chi connectivity index (χ1v) is 14.3. The molecular formula is C31H44N2O2S. The number of aryl methyl sites for hydroxylation is 3. The van der Waals surface area contributed by atoms with Crippen molar-refractivity contribution in [3.8, 4) is 0 Å². The highest BCUT2D eigenvalue weighted by molar-refractivity contribution is 7.91. The molecule has 2 aromatic carbocycles. The van der Waals surface area contributed by atoms with Gasteiger partial charge in [-0.25, -0.2) is 8.42 Å². The van der Waals surface area contributed by atoms with Crippen LogP contribution in [-0.2, 0) is 21.7 Å². The molecule has 4 nitrogen and oxygen atoms in total. The zero-order valence-electron chi connectivity index (χ0n) is 26.6. The van der Waals surface area contributed by atoms with Crippen LogP contribution >= 0.6 is 0 Å². The van der Waals surface area contributed by atoms with E-state index in [9.17, 15) is 8.42 Å². The molecule has 0 saturated carbocycles. The number of fused-ring (bicyclic) bond motifs is 1. The molecule has 3 aromatic rings. The normalized spacial score (nSPS) is 22.6. The number of likely N-dealkylation sites (tertiary alicyclic amines) is 1. The summed E-state index contributed by atoms with van der Waals surface area (Å²) in [4.78, 5) is 5.79. The quantitative estimate of drug-likeness (QED) is 0.395. The second-order valence-corrected chi connectivity index (χ2v) is 13.9. The lowest BCUT2D eigenvalue weighted by molar-refractivity contribution is 0.0234. The third kappa shape index (κ3) is 3.94. The van der Waals surface area contributed by atoms with Gasteiger partial charge in [-0.05, 0) is 118 Å². The van der Waals surface area contributed by atoms with Crippen LogP contribution in [0.3, 0.4) is 0 Å². The number of rotatable bonds is 6. The van der Waals surface area contributed by atoms with E-state index in [2.05, 4.69) is 51.6 Å². The average molecular weight is 512 g/mol. The van der Waals surface area contributed by atoms with Crippen LogP contribution in [0.5, 0.6) is 0 Å². The molecular weight excluding hydrogens is 464 g/mol. The fraction of sp³-hybridized carbons (Fsp3) is 0.548. The summed E-state index contributed by atoms with van der Waals surface area (Å²) in [7, 11) is -2.11. The second-order valence-electron chi connectivity index (χ2n) is 12.1. The molecule has 1 saturated heterocycles. The molecule has 0 amide bonds. The first-order chi connectivity index (χ1) is 17.7. The standard InChI is InChI=1S/C31H44N2O2S/c1-20-11-12-24(17-21(20)2)36(34,35)16-13-25-22(3)18-27-28(23(25)4)26(19-32-27)30(7,8)31(9)29(5,6)14-15-33(31)10/h11-12,17-19,32H,13-16H2,1-10H3/t31-/m1/s1/i16D2,18D. The Kier molecular flexibility index (Phi) is 5.59. The van der Waals surface area contributed by atoms with Gasteiger partial charge in [0, 0.05) is 30.8 Å². The van der Waals surface area contributed by atoms with Crippen LogP contribution < -0.4 is 0 Å². The average Bonchev–Trinajstić information content (AvgIpc) is 3.39. The van der Waals surface area contributed by atoms with Gasteiger partial charge < -0.3 is 4.98 Å². The number of sulfone groups is 1. The number of hydrogen-bond acceptors (Lipinski definition) is 3. The Balaban J connectivity index is 1.90. The van der Waals surface area contributed by atoms with Gasteiger partial charge in [0.15, 0.2) is 9.84 Å². The predicted molar refractivity (Wildman–Crippen MR) is 152 cm³/mol. The van der Waals surface area contributed by atoms with E-state index in [1.54, 1.807) is 19.1 Å². The molecule has 196 valence electrons. The monoisotopic (exact) mass is 511 g/mol. The topological polar surface area (TPSA) is 53.2 Å². The van der Waals surface area contributed by atoms with E-state index in [-0.39, 0.29) is 33.7 Å². The summed E-state index contributed by atoms with van der Waals surface area (Å²) >= 11 is 0. The Morgan fingerprint density at radius 2 is 1.78 bits per heavy atom. The van der Waals surface area contributed by atoms with Crippen molar-refractivity contribution in [3.05, 3.63) is 63.8 Å². The highest BCUT2D eigenvalue weighted by atomic mass is 32.2. The van der Waals surface area contributed by atoms with Gasteiger partial charge in [-0.3, -0.25) is 4.90 Å². The molecule has 1 aliphatic rings. The highest BCUT2D eigenvalue weighted by Gasteiger charge is 2.58. The summed E-state index contributed by atoms with van der Waals surface area (Å²) in [6, 6.07) is 5.05. The first-order valence-electron chi connectivity index (χ1n) is 14.4. The summed E-state index contributed by atoms with van der Waals surface area (Å²) < 4.78 is 53.7. The zero-order chi connectivity index (χ0) is 29.5. The van der Waals surface area contributed by atoms with E-state index in [0.717, 1.165) is 46.1 Å². The zero-order valence-corrected chi connectivity index (χ0v) is 24.4. The van der Waals surface area contributed by atoms with Crippen LogP contribution in [0.4, 0.5) is 0 Å². The Morgan fingerprint density at radius 1 is 1.11 bits per heavy atom. The fourth-order valence-electron chi connectivity index (χ4n) is 6.51. The summed E-state index contributed by atoms with van der Waals surface area (Å²) in [5.74, 6) is 0. The largest absolute Gasteiger partial charge is 0.361 e. The van der Waals surface area contributed by atoms with Crippen molar-refractivity contribution in [2.75, 3.05) is 19.3 Å². The lowest BCUT2D eigenvalue weighted by Crippen LogP contribution is -2.60. The van der Waals surface area contributed by atoms with E-state index in [1.807, 2.05) is 27.0 Å². The predicted octanol–water partition coefficient (Wildman–Crippen LogP) is 6.82. The molecule has 0 spiro atoms. The molecule has 0 radical (unpaired) electrons. The van der Waals surface area contributed by atoms with Crippen LogP contribution in [-0.4, -0.2) is 43.1 Å². The van der Waals surface area contributed by atoms with Crippen molar-refractivity contribution in [1.82, 2.24) is 9.88 Å². The van der Waals surface area contributed by atoms with Crippen molar-refractivity contribution < 1.29 is 12.5 Å². The molecule has 0 unspecified atom stereocenters. The third-order valence-electron chi connectivity index (χ3n) is 9.74. The highest BCUT2D eigenvalue weighted by Crippen LogP contribution is 2.55. The molecule has 1 aliphatic heterocycles. The van der Waals surface area contributed by atoms with Gasteiger partial charge in [0.05, 0.1) is 12.0 Å². The lowest BCUT2D eigenvalue weighted by atomic mass is 9.57. The minimum atomic E-state index is -4.29. The number of hydrogen-bond donors (Lipinski definition) is 1. The minimum absolute atomic E-state index is 0.0130. The van der Waals surface area contributed by atoms with Crippen molar-refractivity contribution in [3.63, 3.8) is 0 Å². The Bertz CT molecular complexity index is 1570. The summed E-state index contributed by atoms with van der Waals surface area (Å²) in [6.07, 6.45) is 2.76. The smallest absolute Gasteiger partial charge is 0.178 e. The minimum Gasteiger partial charge on any atom is -0.361 e. The number of aromatic amines is 1. The number of benzene rings is 2. The molecule has 2 heterocycles. The van der Waals surface area contributed by atoms with Gasteiger partial charge in [0.1, 0.15) is 0 Å². The van der Waals surface area contributed by atoms with Crippen molar-refractivity contribution in [2.24, 2.45) is 5.41 Å². The van der Waals surface area contributed by atoms with E-state index in [1.165, 1.54) is 6.07 Å². The SMILES string of the molecule is [2H]c1c(C)c(CC([2H])([2H])S(=O)(=O)c2ccc(C)c(C)c2)c(C)c2c(C(C)(C)[C@]3(C)N(C)CCC3(C)C)c[nH]c12. The van der Waals surface area contributed by atoms with Gasteiger partial charge in [-0.1, -0.05) is 33.8 Å². The van der Waals surface area contributed by atoms with Gasteiger partial charge >= 0.3 is 0 Å². The molecule has 4 rings (SSSR count). The summed E-state index contributed by atoms with van der Waals surface area (Å²) in [5.41, 5.74) is 2.57. The van der Waals surface area contributed by atoms with Gasteiger partial charge in [0.25, 0.3) is 0 Å². The van der Waals surface area contributed by atoms with E-state index in [0.29, 0.717) is 11.1 Å². The van der Waals surface area contributed by atoms with Crippen LogP contribution in [0.1, 0.15) is 78.5 Å². The maximum absolute atomic E-state index is 13.6. The molecule has 1 aromatic heterocycles. The van der Waals surface area contributed by atoms with E-state index < -0.39 is 15.5 Å². The molecule has 36 heavy (non-hydrogen) atoms. The molecule has 1 fully saturated rings. The summed E-state index contributed by atoms with van der Waals surface area (Å²) in [6.45, 7) is 19.9. The number of nitrogens with one attached hydrogen (secondary N) is 1. The van der Waals surface area contributed by atoms with Crippen molar-refractivity contribution in [2.45, 2.75) is 91.0 Å². The number of nitrogens with zero attached hydrogens (tertiary/aromatic N) is 1. The Labute approximate surface area is 222 Å². The third-order valence-corrected chi connectivity index (χ3v) is 11.1. The van der Waals surface area contributed by atoms with Gasteiger partial charge in [-0.2, -0.15) is 0 Å². The van der Waals surface area contributed by atoms with Gasteiger partial charge in [-0.15, -0.1) is 0 Å². The summed E-state index contributed by atoms with van der Waals surface area (Å²) in [5, 5.41) is 0.905. The maximum Gasteiger partial charge on any atom is 0.178 e. The molecule has 0 aliphatic carbocycles. The van der Waals surface area contributed by atoms with E-state index >= 15 is 0 Å².